The van der Waals surface area contributed by atoms with E-state index in [4.69, 9.17) is 9.84 Å². The maximum Gasteiger partial charge on any atom is 0.170 e. The number of methoxy groups -OCH3 is 1. The highest BCUT2D eigenvalue weighted by atomic mass is 19.1. The van der Waals surface area contributed by atoms with Gasteiger partial charge in [0.1, 0.15) is 0 Å². The maximum absolute atomic E-state index is 13.5. The zero-order valence-electron chi connectivity index (χ0n) is 7.90. The summed E-state index contributed by atoms with van der Waals surface area (Å²) >= 11 is 0. The van der Waals surface area contributed by atoms with Crippen LogP contribution in [0.2, 0.25) is 0 Å². The van der Waals surface area contributed by atoms with Crippen molar-refractivity contribution in [1.82, 2.24) is 0 Å². The first-order valence-corrected chi connectivity index (χ1v) is 4.32. The van der Waals surface area contributed by atoms with Crippen LogP contribution in [0.3, 0.4) is 0 Å². The summed E-state index contributed by atoms with van der Waals surface area (Å²) in [5, 5.41) is 18.1. The molecule has 0 saturated carbocycles. The summed E-state index contributed by atoms with van der Waals surface area (Å²) < 4.78 is 18.2. The van der Waals surface area contributed by atoms with E-state index in [0.717, 1.165) is 0 Å². The molecule has 1 rings (SSSR count). The fourth-order valence-electron chi connectivity index (χ4n) is 1.22. The lowest BCUT2D eigenvalue weighted by atomic mass is 10.1. The maximum atomic E-state index is 13.5. The van der Waals surface area contributed by atoms with Crippen LogP contribution in [0.4, 0.5) is 4.39 Å². The van der Waals surface area contributed by atoms with Gasteiger partial charge in [-0.1, -0.05) is 12.1 Å². The molecule has 3 nitrogen and oxygen atoms in total. The number of ether oxygens (including phenoxy) is 1. The van der Waals surface area contributed by atoms with Crippen molar-refractivity contribution < 1.29 is 19.3 Å². The van der Waals surface area contributed by atoms with Crippen LogP contribution in [0.5, 0.6) is 5.75 Å². The van der Waals surface area contributed by atoms with Gasteiger partial charge in [-0.15, -0.1) is 0 Å². The Morgan fingerprint density at radius 3 is 2.79 bits per heavy atom. The highest BCUT2D eigenvalue weighted by molar-refractivity contribution is 5.32. The summed E-state index contributed by atoms with van der Waals surface area (Å²) in [4.78, 5) is 0. The lowest BCUT2D eigenvalue weighted by Gasteiger charge is -2.12. The number of benzene rings is 1. The molecule has 0 aliphatic rings. The first-order valence-electron chi connectivity index (χ1n) is 4.32. The van der Waals surface area contributed by atoms with E-state index in [1.54, 1.807) is 6.07 Å². The van der Waals surface area contributed by atoms with Crippen molar-refractivity contribution in [3.05, 3.63) is 29.6 Å². The van der Waals surface area contributed by atoms with Crippen molar-refractivity contribution >= 4 is 0 Å². The predicted molar refractivity (Wildman–Crippen MR) is 49.6 cm³/mol. The van der Waals surface area contributed by atoms with E-state index in [1.807, 2.05) is 0 Å². The number of hydrogen-bond acceptors (Lipinski definition) is 3. The van der Waals surface area contributed by atoms with Gasteiger partial charge in [0.15, 0.2) is 11.6 Å². The number of halogens is 1. The zero-order chi connectivity index (χ0) is 10.6. The van der Waals surface area contributed by atoms with Crippen molar-refractivity contribution in [2.45, 2.75) is 12.5 Å². The van der Waals surface area contributed by atoms with Crippen molar-refractivity contribution in [2.75, 3.05) is 13.7 Å². The lowest BCUT2D eigenvalue weighted by Crippen LogP contribution is -2.04. The van der Waals surface area contributed by atoms with E-state index in [-0.39, 0.29) is 24.3 Å². The Labute approximate surface area is 81.8 Å². The van der Waals surface area contributed by atoms with E-state index in [9.17, 15) is 9.50 Å². The second kappa shape index (κ2) is 4.93. The summed E-state index contributed by atoms with van der Waals surface area (Å²) in [6.45, 7) is -0.183. The highest BCUT2D eigenvalue weighted by Crippen LogP contribution is 2.26. The minimum atomic E-state index is -0.991. The third kappa shape index (κ3) is 2.21. The largest absolute Gasteiger partial charge is 0.494 e. The molecule has 4 heteroatoms. The van der Waals surface area contributed by atoms with Gasteiger partial charge in [0.05, 0.1) is 13.2 Å². The third-order valence-corrected chi connectivity index (χ3v) is 1.97. The zero-order valence-corrected chi connectivity index (χ0v) is 7.90. The topological polar surface area (TPSA) is 49.7 Å². The summed E-state index contributed by atoms with van der Waals surface area (Å²) in [7, 11) is 1.36. The van der Waals surface area contributed by atoms with E-state index < -0.39 is 11.9 Å². The standard InChI is InChI=1S/C10H13FO3/c1-14-9-4-2-3-7(10(9)11)8(13)5-6-12/h2-4,8,12-13H,5-6H2,1H3. The molecule has 0 aliphatic heterocycles. The quantitative estimate of drug-likeness (QED) is 0.769. The predicted octanol–water partition coefficient (Wildman–Crippen LogP) is 1.25. The molecule has 78 valence electrons. The van der Waals surface area contributed by atoms with E-state index >= 15 is 0 Å². The van der Waals surface area contributed by atoms with Crippen LogP contribution < -0.4 is 4.74 Å². The molecule has 2 N–H and O–H groups in total. The van der Waals surface area contributed by atoms with Crippen LogP contribution in [-0.4, -0.2) is 23.9 Å². The molecule has 14 heavy (non-hydrogen) atoms. The molecule has 0 radical (unpaired) electrons. The van der Waals surface area contributed by atoms with Gasteiger partial charge in [0, 0.05) is 18.6 Å². The third-order valence-electron chi connectivity index (χ3n) is 1.97. The fourth-order valence-corrected chi connectivity index (χ4v) is 1.22. The molecule has 0 spiro atoms. The van der Waals surface area contributed by atoms with Gasteiger partial charge in [-0.05, 0) is 6.07 Å². The van der Waals surface area contributed by atoms with Gasteiger partial charge < -0.3 is 14.9 Å². The van der Waals surface area contributed by atoms with Gasteiger partial charge in [0.2, 0.25) is 0 Å². The Hall–Kier alpha value is -1.13. The first kappa shape index (κ1) is 10.9. The van der Waals surface area contributed by atoms with E-state index in [1.165, 1.54) is 19.2 Å². The second-order valence-electron chi connectivity index (χ2n) is 2.89. The molecule has 1 aromatic carbocycles. The molecule has 1 atom stereocenters. The molecule has 1 unspecified atom stereocenters. The molecular formula is C10H13FO3. The monoisotopic (exact) mass is 200 g/mol. The molecule has 0 saturated heterocycles. The normalized spacial score (nSPS) is 12.6. The van der Waals surface area contributed by atoms with Gasteiger partial charge in [-0.25, -0.2) is 4.39 Å². The van der Waals surface area contributed by atoms with E-state index in [2.05, 4.69) is 0 Å². The SMILES string of the molecule is COc1cccc(C(O)CCO)c1F. The lowest BCUT2D eigenvalue weighted by molar-refractivity contribution is 0.130. The Morgan fingerprint density at radius 2 is 2.21 bits per heavy atom. The molecule has 0 fully saturated rings. The Kier molecular flexibility index (Phi) is 3.85. The van der Waals surface area contributed by atoms with Crippen molar-refractivity contribution in [3.63, 3.8) is 0 Å². The number of hydrogen-bond donors (Lipinski definition) is 2. The fraction of sp³-hybridized carbons (Fsp3) is 0.400. The van der Waals surface area contributed by atoms with Crippen LogP contribution in [0, 0.1) is 5.82 Å². The van der Waals surface area contributed by atoms with Gasteiger partial charge in [-0.3, -0.25) is 0 Å². The molecule has 1 aromatic rings. The highest BCUT2D eigenvalue weighted by Gasteiger charge is 2.15. The van der Waals surface area contributed by atoms with Gasteiger partial charge >= 0.3 is 0 Å². The van der Waals surface area contributed by atoms with Crippen LogP contribution in [0.25, 0.3) is 0 Å². The van der Waals surface area contributed by atoms with Crippen molar-refractivity contribution in [1.29, 1.82) is 0 Å². The molecule has 0 aromatic heterocycles. The average Bonchev–Trinajstić information content (AvgIpc) is 2.18. The Balaban J connectivity index is 2.96. The number of rotatable bonds is 4. The molecule has 0 amide bonds. The van der Waals surface area contributed by atoms with Crippen LogP contribution in [0.1, 0.15) is 18.1 Å². The Morgan fingerprint density at radius 1 is 1.50 bits per heavy atom. The van der Waals surface area contributed by atoms with Crippen LogP contribution in [0.15, 0.2) is 18.2 Å². The summed E-state index contributed by atoms with van der Waals surface area (Å²) in [6, 6.07) is 4.54. The first-order chi connectivity index (χ1) is 6.70. The van der Waals surface area contributed by atoms with Crippen molar-refractivity contribution in [3.8, 4) is 5.75 Å². The molecular weight excluding hydrogens is 187 g/mol. The van der Waals surface area contributed by atoms with Crippen LogP contribution >= 0.6 is 0 Å². The number of aliphatic hydroxyl groups excluding tert-OH is 2. The summed E-state index contributed by atoms with van der Waals surface area (Å²) in [6.07, 6.45) is -0.875. The Bertz CT molecular complexity index is 301. The molecule has 0 bridgehead atoms. The second-order valence-corrected chi connectivity index (χ2v) is 2.89. The summed E-state index contributed by atoms with van der Waals surface area (Å²) in [5.74, 6) is -0.476. The molecule has 0 aliphatic carbocycles. The van der Waals surface area contributed by atoms with Crippen molar-refractivity contribution in [2.24, 2.45) is 0 Å². The average molecular weight is 200 g/mol. The van der Waals surface area contributed by atoms with Crippen LogP contribution in [-0.2, 0) is 0 Å². The minimum Gasteiger partial charge on any atom is -0.494 e. The number of aliphatic hydroxyl groups is 2. The summed E-state index contributed by atoms with van der Waals surface area (Å²) in [5.41, 5.74) is 0.151. The van der Waals surface area contributed by atoms with Gasteiger partial charge in [-0.2, -0.15) is 0 Å². The smallest absolute Gasteiger partial charge is 0.170 e. The molecule has 0 heterocycles. The minimum absolute atomic E-state index is 0.0967. The van der Waals surface area contributed by atoms with E-state index in [0.29, 0.717) is 0 Å². The van der Waals surface area contributed by atoms with Gasteiger partial charge in [0.25, 0.3) is 0 Å².